The molecule has 1 aromatic carbocycles. The quantitative estimate of drug-likeness (QED) is 0.303. The van der Waals surface area contributed by atoms with Crippen LogP contribution in [0.25, 0.3) is 0 Å². The topological polar surface area (TPSA) is 56.7 Å². The number of guanidine groups is 1. The van der Waals surface area contributed by atoms with Crippen molar-refractivity contribution in [1.82, 2.24) is 10.6 Å². The van der Waals surface area contributed by atoms with E-state index in [9.17, 15) is 5.11 Å². The molecule has 0 bridgehead atoms. The van der Waals surface area contributed by atoms with Crippen molar-refractivity contribution in [3.63, 3.8) is 0 Å². The fourth-order valence-corrected chi connectivity index (χ4v) is 1.62. The molecule has 0 aliphatic heterocycles. The van der Waals surface area contributed by atoms with Gasteiger partial charge in [0.05, 0.1) is 12.6 Å². The molecule has 0 aliphatic rings. The molecule has 1 rings (SSSR count). The summed E-state index contributed by atoms with van der Waals surface area (Å²) >= 11 is 0. The molecule has 1 atom stereocenters. The maximum Gasteiger partial charge on any atom is 0.192 e. The van der Waals surface area contributed by atoms with E-state index < -0.39 is 6.10 Å². The second kappa shape index (κ2) is 11.6. The third kappa shape index (κ3) is 7.36. The molecule has 0 spiro atoms. The Morgan fingerprint density at radius 3 is 2.65 bits per heavy atom. The summed E-state index contributed by atoms with van der Waals surface area (Å²) in [5.74, 6) is 3.18. The van der Waals surface area contributed by atoms with Crippen molar-refractivity contribution < 1.29 is 5.11 Å². The van der Waals surface area contributed by atoms with E-state index in [4.69, 9.17) is 6.42 Å². The van der Waals surface area contributed by atoms with Crippen LogP contribution >= 0.6 is 24.0 Å². The summed E-state index contributed by atoms with van der Waals surface area (Å²) in [6, 6.07) is 9.59. The van der Waals surface area contributed by atoms with Crippen LogP contribution in [0.2, 0.25) is 0 Å². The number of aliphatic imine (C=N–C) groups is 1. The maximum atomic E-state index is 10.00. The molecule has 1 aromatic rings. The molecular formula is C15H22IN3O. The van der Waals surface area contributed by atoms with E-state index in [0.29, 0.717) is 25.5 Å². The van der Waals surface area contributed by atoms with Gasteiger partial charge in [-0.25, -0.2) is 0 Å². The lowest BCUT2D eigenvalue weighted by atomic mass is 10.1. The maximum absolute atomic E-state index is 10.00. The van der Waals surface area contributed by atoms with Crippen molar-refractivity contribution in [2.45, 2.75) is 19.4 Å². The zero-order valence-corrected chi connectivity index (χ0v) is 14.0. The third-order valence-electron chi connectivity index (χ3n) is 2.56. The molecule has 1 unspecified atom stereocenters. The fraction of sp³-hybridized carbons (Fsp3) is 0.400. The summed E-state index contributed by atoms with van der Waals surface area (Å²) in [5.41, 5.74) is 0.916. The first-order chi connectivity index (χ1) is 9.27. The second-order valence-corrected chi connectivity index (χ2v) is 4.03. The highest BCUT2D eigenvalue weighted by molar-refractivity contribution is 14.0. The van der Waals surface area contributed by atoms with Crippen LogP contribution in [-0.2, 0) is 0 Å². The third-order valence-corrected chi connectivity index (χ3v) is 2.56. The molecule has 20 heavy (non-hydrogen) atoms. The van der Waals surface area contributed by atoms with Gasteiger partial charge in [-0.3, -0.25) is 4.99 Å². The molecule has 0 aromatic heterocycles. The Balaban J connectivity index is 0.00000361. The van der Waals surface area contributed by atoms with Crippen molar-refractivity contribution in [1.29, 1.82) is 0 Å². The van der Waals surface area contributed by atoms with Gasteiger partial charge >= 0.3 is 0 Å². The molecule has 0 heterocycles. The number of rotatable bonds is 6. The van der Waals surface area contributed by atoms with Gasteiger partial charge in [0.25, 0.3) is 0 Å². The van der Waals surface area contributed by atoms with Crippen LogP contribution in [0.5, 0.6) is 0 Å². The zero-order valence-electron chi connectivity index (χ0n) is 11.7. The van der Waals surface area contributed by atoms with Crippen LogP contribution in [-0.4, -0.2) is 30.7 Å². The van der Waals surface area contributed by atoms with Crippen molar-refractivity contribution in [2.75, 3.05) is 19.6 Å². The summed E-state index contributed by atoms with van der Waals surface area (Å²) in [7, 11) is 0. The van der Waals surface area contributed by atoms with Gasteiger partial charge in [0.2, 0.25) is 0 Å². The molecule has 0 saturated heterocycles. The summed E-state index contributed by atoms with van der Waals surface area (Å²) in [6.45, 7) is 3.74. The molecule has 0 aliphatic carbocycles. The predicted octanol–water partition coefficient (Wildman–Crippen LogP) is 1.92. The van der Waals surface area contributed by atoms with Crippen molar-refractivity contribution in [2.24, 2.45) is 4.99 Å². The highest BCUT2D eigenvalue weighted by Gasteiger charge is 2.05. The SMILES string of the molecule is C#CCNC(=NCCC(O)c1ccccc1)NCC.I. The van der Waals surface area contributed by atoms with E-state index in [1.807, 2.05) is 37.3 Å². The van der Waals surface area contributed by atoms with E-state index in [1.165, 1.54) is 0 Å². The highest BCUT2D eigenvalue weighted by Crippen LogP contribution is 2.15. The summed E-state index contributed by atoms with van der Waals surface area (Å²) < 4.78 is 0. The van der Waals surface area contributed by atoms with Crippen LogP contribution < -0.4 is 10.6 Å². The predicted molar refractivity (Wildman–Crippen MR) is 94.2 cm³/mol. The number of nitrogens with one attached hydrogen (secondary N) is 2. The van der Waals surface area contributed by atoms with Gasteiger partial charge < -0.3 is 15.7 Å². The van der Waals surface area contributed by atoms with Gasteiger partial charge in [0.1, 0.15) is 0 Å². The Kier molecular flexibility index (Phi) is 10.8. The van der Waals surface area contributed by atoms with E-state index in [-0.39, 0.29) is 24.0 Å². The molecule has 110 valence electrons. The molecular weight excluding hydrogens is 365 g/mol. The van der Waals surface area contributed by atoms with Crippen LogP contribution in [0.1, 0.15) is 25.0 Å². The molecule has 0 amide bonds. The van der Waals surface area contributed by atoms with Crippen molar-refractivity contribution in [3.8, 4) is 12.3 Å². The zero-order chi connectivity index (χ0) is 13.9. The monoisotopic (exact) mass is 387 g/mol. The fourth-order valence-electron chi connectivity index (χ4n) is 1.62. The van der Waals surface area contributed by atoms with E-state index >= 15 is 0 Å². The van der Waals surface area contributed by atoms with Crippen LogP contribution in [0.4, 0.5) is 0 Å². The van der Waals surface area contributed by atoms with Crippen LogP contribution in [0, 0.1) is 12.3 Å². The molecule has 5 heteroatoms. The van der Waals surface area contributed by atoms with Crippen LogP contribution in [0.3, 0.4) is 0 Å². The van der Waals surface area contributed by atoms with Gasteiger partial charge in [-0.15, -0.1) is 30.4 Å². The Labute approximate surface area is 138 Å². The van der Waals surface area contributed by atoms with E-state index in [1.54, 1.807) is 0 Å². The number of aliphatic hydroxyl groups excluding tert-OH is 1. The smallest absolute Gasteiger partial charge is 0.192 e. The lowest BCUT2D eigenvalue weighted by Crippen LogP contribution is -2.37. The number of terminal acetylenes is 1. The lowest BCUT2D eigenvalue weighted by Gasteiger charge is -2.11. The summed E-state index contributed by atoms with van der Waals surface area (Å²) in [4.78, 5) is 4.36. The Morgan fingerprint density at radius 2 is 2.05 bits per heavy atom. The van der Waals surface area contributed by atoms with E-state index in [0.717, 1.165) is 12.1 Å². The molecule has 0 radical (unpaired) electrons. The van der Waals surface area contributed by atoms with Gasteiger partial charge in [-0.2, -0.15) is 0 Å². The van der Waals surface area contributed by atoms with Gasteiger partial charge in [0.15, 0.2) is 5.96 Å². The number of aliphatic hydroxyl groups is 1. The standard InChI is InChI=1S/C15H21N3O.HI/c1-3-11-17-15(16-4-2)18-12-10-14(19)13-8-6-5-7-9-13;/h1,5-9,14,19H,4,10-12H2,2H3,(H2,16,17,18);1H. The minimum atomic E-state index is -0.486. The summed E-state index contributed by atoms with van der Waals surface area (Å²) in [5, 5.41) is 16.1. The number of hydrogen-bond donors (Lipinski definition) is 3. The Hall–Kier alpha value is -1.26. The number of benzene rings is 1. The first-order valence-electron chi connectivity index (χ1n) is 6.46. The largest absolute Gasteiger partial charge is 0.388 e. The van der Waals surface area contributed by atoms with Crippen molar-refractivity contribution in [3.05, 3.63) is 35.9 Å². The van der Waals surface area contributed by atoms with Crippen molar-refractivity contribution >= 4 is 29.9 Å². The van der Waals surface area contributed by atoms with Crippen LogP contribution in [0.15, 0.2) is 35.3 Å². The first-order valence-corrected chi connectivity index (χ1v) is 6.46. The normalized spacial score (nSPS) is 11.9. The molecule has 3 N–H and O–H groups in total. The average molecular weight is 387 g/mol. The minimum absolute atomic E-state index is 0. The lowest BCUT2D eigenvalue weighted by molar-refractivity contribution is 0.170. The molecule has 4 nitrogen and oxygen atoms in total. The second-order valence-electron chi connectivity index (χ2n) is 4.03. The van der Waals surface area contributed by atoms with Gasteiger partial charge in [-0.1, -0.05) is 36.3 Å². The van der Waals surface area contributed by atoms with Gasteiger partial charge in [0, 0.05) is 13.1 Å². The Bertz CT molecular complexity index is 428. The minimum Gasteiger partial charge on any atom is -0.388 e. The molecule has 0 fully saturated rings. The van der Waals surface area contributed by atoms with Gasteiger partial charge in [-0.05, 0) is 18.9 Å². The summed E-state index contributed by atoms with van der Waals surface area (Å²) in [6.07, 6.45) is 5.28. The number of halogens is 1. The first kappa shape index (κ1) is 18.7. The average Bonchev–Trinajstić information content (AvgIpc) is 2.45. The van der Waals surface area contributed by atoms with E-state index in [2.05, 4.69) is 21.5 Å². The molecule has 0 saturated carbocycles. The Morgan fingerprint density at radius 1 is 1.35 bits per heavy atom. The number of nitrogens with zero attached hydrogens (tertiary/aromatic N) is 1. The highest BCUT2D eigenvalue weighted by atomic mass is 127. The number of hydrogen-bond acceptors (Lipinski definition) is 2.